The van der Waals surface area contributed by atoms with Gasteiger partial charge in [0.2, 0.25) is 12.6 Å². The highest BCUT2D eigenvalue weighted by molar-refractivity contribution is 4.98. The SMILES string of the molecule is CC(C)O[C@@H]1OC(CO)[C@H](O[C@@H]2OC(CO)[C@H](O[C@@H]3OC(CO)[C@H](OC(C)C)[C@H](O)C3[N+](C)(C)C)[C@H](O)C2[N+](C)(C)C)[C@H](O)C1N. The van der Waals surface area contributed by atoms with Gasteiger partial charge in [0, 0.05) is 0 Å². The molecule has 0 aliphatic carbocycles. The smallest absolute Gasteiger partial charge is 0.214 e. The van der Waals surface area contributed by atoms with Crippen LogP contribution in [0.3, 0.4) is 0 Å². The first-order valence-corrected chi connectivity index (χ1v) is 16.1. The number of aliphatic hydroxyl groups is 6. The van der Waals surface area contributed by atoms with E-state index in [1.807, 2.05) is 56.1 Å². The van der Waals surface area contributed by atoms with Crippen LogP contribution >= 0.6 is 0 Å². The topological polar surface area (TPSA) is 212 Å². The largest absolute Gasteiger partial charge is 0.394 e. The summed E-state index contributed by atoms with van der Waals surface area (Å²) in [7, 11) is 11.0. The van der Waals surface area contributed by atoms with Gasteiger partial charge in [-0.2, -0.15) is 0 Å². The maximum Gasteiger partial charge on any atom is 0.214 e. The van der Waals surface area contributed by atoms with Crippen LogP contribution in [0.1, 0.15) is 27.7 Å². The minimum atomic E-state index is -1.33. The molecule has 3 aliphatic heterocycles. The van der Waals surface area contributed by atoms with Crippen molar-refractivity contribution in [2.75, 3.05) is 62.1 Å². The summed E-state index contributed by atoms with van der Waals surface area (Å²) in [5.41, 5.74) is 6.25. The Morgan fingerprint density at radius 3 is 1.28 bits per heavy atom. The zero-order valence-corrected chi connectivity index (χ0v) is 28.9. The summed E-state index contributed by atoms with van der Waals surface area (Å²) in [5, 5.41) is 65.4. The quantitative estimate of drug-likeness (QED) is 0.0956. The van der Waals surface area contributed by atoms with Crippen molar-refractivity contribution in [3.8, 4) is 0 Å². The van der Waals surface area contributed by atoms with Crippen LogP contribution < -0.4 is 5.73 Å². The van der Waals surface area contributed by atoms with E-state index >= 15 is 0 Å². The van der Waals surface area contributed by atoms with Crippen molar-refractivity contribution >= 4 is 0 Å². The van der Waals surface area contributed by atoms with E-state index in [0.717, 1.165) is 0 Å². The lowest BCUT2D eigenvalue weighted by atomic mass is 9.92. The maximum atomic E-state index is 11.9. The number of likely N-dealkylation sites (N-methyl/N-ethyl adjacent to an activating group) is 2. The first-order chi connectivity index (χ1) is 21.3. The molecule has 0 spiro atoms. The monoisotopic (exact) mass is 671 g/mol. The van der Waals surface area contributed by atoms with E-state index in [1.165, 1.54) is 0 Å². The zero-order chi connectivity index (χ0) is 34.9. The highest BCUT2D eigenvalue weighted by Gasteiger charge is 2.59. The number of ether oxygens (including phenoxy) is 7. The lowest BCUT2D eigenvalue weighted by molar-refractivity contribution is -0.913. The highest BCUT2D eigenvalue weighted by atomic mass is 16.7. The van der Waals surface area contributed by atoms with Crippen molar-refractivity contribution < 1.29 is 72.8 Å². The highest BCUT2D eigenvalue weighted by Crippen LogP contribution is 2.37. The van der Waals surface area contributed by atoms with Crippen molar-refractivity contribution in [1.29, 1.82) is 0 Å². The van der Waals surface area contributed by atoms with E-state index < -0.39 is 112 Å². The van der Waals surface area contributed by atoms with Crippen LogP contribution in [0.5, 0.6) is 0 Å². The van der Waals surface area contributed by atoms with Gasteiger partial charge < -0.3 is 78.5 Å². The predicted octanol–water partition coefficient (Wildman–Crippen LogP) is -3.31. The number of hydrogen-bond donors (Lipinski definition) is 7. The second kappa shape index (κ2) is 15.9. The van der Waals surface area contributed by atoms with Crippen LogP contribution in [0.25, 0.3) is 0 Å². The molecule has 0 aromatic rings. The van der Waals surface area contributed by atoms with Crippen LogP contribution in [0.4, 0.5) is 0 Å². The molecule has 6 unspecified atom stereocenters. The van der Waals surface area contributed by atoms with E-state index in [2.05, 4.69) is 0 Å². The molecule has 272 valence electrons. The molecule has 3 aliphatic rings. The summed E-state index contributed by atoms with van der Waals surface area (Å²) in [6, 6.07) is -2.60. The Labute approximate surface area is 272 Å². The number of aliphatic hydroxyl groups excluding tert-OH is 6. The van der Waals surface area contributed by atoms with E-state index in [0.29, 0.717) is 0 Å². The van der Waals surface area contributed by atoms with Crippen molar-refractivity contribution in [3.05, 3.63) is 0 Å². The molecule has 3 fully saturated rings. The van der Waals surface area contributed by atoms with Gasteiger partial charge in [-0.25, -0.2) is 0 Å². The van der Waals surface area contributed by atoms with Crippen LogP contribution in [0.15, 0.2) is 0 Å². The van der Waals surface area contributed by atoms with Gasteiger partial charge in [-0.05, 0) is 27.7 Å². The minimum Gasteiger partial charge on any atom is -0.394 e. The van der Waals surface area contributed by atoms with Crippen molar-refractivity contribution in [1.82, 2.24) is 0 Å². The summed E-state index contributed by atoms with van der Waals surface area (Å²) in [6.45, 7) is 5.66. The molecule has 0 bridgehead atoms. The van der Waals surface area contributed by atoms with Crippen LogP contribution in [-0.4, -0.2) is 206 Å². The third kappa shape index (κ3) is 8.93. The fraction of sp³-hybridized carbons (Fsp3) is 1.00. The van der Waals surface area contributed by atoms with Gasteiger partial charge in [-0.15, -0.1) is 0 Å². The third-order valence-electron chi connectivity index (χ3n) is 8.75. The first-order valence-electron chi connectivity index (χ1n) is 16.1. The number of quaternary nitrogens is 2. The second-order valence-corrected chi connectivity index (χ2v) is 15.0. The molecule has 8 N–H and O–H groups in total. The lowest BCUT2D eigenvalue weighted by Gasteiger charge is -2.53. The molecular weight excluding hydrogens is 610 g/mol. The summed E-state index contributed by atoms with van der Waals surface area (Å²) < 4.78 is 42.9. The Hall–Kier alpha value is -0.640. The Morgan fingerprint density at radius 2 is 0.913 bits per heavy atom. The average Bonchev–Trinajstić information content (AvgIpc) is 2.93. The summed E-state index contributed by atoms with van der Waals surface area (Å²) >= 11 is 0. The molecule has 0 saturated carbocycles. The fourth-order valence-electron chi connectivity index (χ4n) is 6.58. The minimum absolute atomic E-state index is 0.0962. The summed E-state index contributed by atoms with van der Waals surface area (Å²) in [6.07, 6.45) is -13.9. The zero-order valence-electron chi connectivity index (χ0n) is 28.9. The van der Waals surface area contributed by atoms with Crippen LogP contribution in [0.2, 0.25) is 0 Å². The van der Waals surface area contributed by atoms with E-state index in [-0.39, 0.29) is 21.2 Å². The van der Waals surface area contributed by atoms with Gasteiger partial charge in [0.25, 0.3) is 0 Å². The van der Waals surface area contributed by atoms with Crippen LogP contribution in [-0.2, 0) is 33.2 Å². The predicted molar refractivity (Wildman–Crippen MR) is 163 cm³/mol. The van der Waals surface area contributed by atoms with E-state index in [9.17, 15) is 30.6 Å². The normalized spacial score (nSPS) is 43.0. The molecule has 3 rings (SSSR count). The average molecular weight is 672 g/mol. The Kier molecular flexibility index (Phi) is 13.8. The standard InChI is InChI=1S/C30H61N3O13/c1-14(2)40-26-17(12-35)43-30(20(23(26)38)32(5,6)7)46-27-18(13-36)44-29(21(24(27)39)33(8,9)10)45-25-16(11-34)42-28(41-15(3)4)19(31)22(25)37/h14-30,34-39H,11-13,31H2,1-10H3/q+2/t16?,17?,18?,19?,20?,21?,22-,23-,24-,25+,26+,27+,28-,29+,30+/m1/s1. The lowest BCUT2D eigenvalue weighted by Crippen LogP contribution is -2.73. The number of rotatable bonds is 13. The van der Waals surface area contributed by atoms with Crippen molar-refractivity contribution in [2.24, 2.45) is 5.73 Å². The third-order valence-corrected chi connectivity index (χ3v) is 8.75. The van der Waals surface area contributed by atoms with Crippen LogP contribution in [0, 0.1) is 0 Å². The molecular formula is C30H61N3O13+2. The number of hydrogen-bond acceptors (Lipinski definition) is 14. The summed E-state index contributed by atoms with van der Waals surface area (Å²) in [4.78, 5) is 0. The Balaban J connectivity index is 1.91. The van der Waals surface area contributed by atoms with Gasteiger partial charge in [-0.1, -0.05) is 0 Å². The molecule has 16 nitrogen and oxygen atoms in total. The molecule has 0 radical (unpaired) electrons. The number of nitrogens with zero attached hydrogens (tertiary/aromatic N) is 2. The number of nitrogens with two attached hydrogens (primary N) is 1. The fourth-order valence-corrected chi connectivity index (χ4v) is 6.58. The molecule has 0 amide bonds. The van der Waals surface area contributed by atoms with E-state index in [4.69, 9.17) is 38.9 Å². The molecule has 3 heterocycles. The second-order valence-electron chi connectivity index (χ2n) is 15.0. The molecule has 15 atom stereocenters. The maximum absolute atomic E-state index is 11.9. The van der Waals surface area contributed by atoms with Gasteiger partial charge in [0.1, 0.15) is 54.9 Å². The molecule has 0 aromatic heterocycles. The van der Waals surface area contributed by atoms with Gasteiger partial charge in [-0.3, -0.25) is 0 Å². The van der Waals surface area contributed by atoms with Gasteiger partial charge in [0.15, 0.2) is 18.4 Å². The van der Waals surface area contributed by atoms with Gasteiger partial charge in [0.05, 0.1) is 80.4 Å². The summed E-state index contributed by atoms with van der Waals surface area (Å²) in [5.74, 6) is 0. The van der Waals surface area contributed by atoms with E-state index in [1.54, 1.807) is 13.8 Å². The first kappa shape index (κ1) is 39.8. The van der Waals surface area contributed by atoms with Crippen molar-refractivity contribution in [3.63, 3.8) is 0 Å². The molecule has 46 heavy (non-hydrogen) atoms. The molecule has 0 aromatic carbocycles. The molecule has 3 saturated heterocycles. The molecule has 16 heteroatoms. The Morgan fingerprint density at radius 1 is 0.565 bits per heavy atom. The van der Waals surface area contributed by atoms with Gasteiger partial charge >= 0.3 is 0 Å². The Bertz CT molecular complexity index is 933. The van der Waals surface area contributed by atoms with Crippen molar-refractivity contribution in [2.45, 2.75) is 132 Å².